The zero-order valence-electron chi connectivity index (χ0n) is 10.2. The molecule has 1 unspecified atom stereocenters. The highest BCUT2D eigenvalue weighted by molar-refractivity contribution is 5.92. The lowest BCUT2D eigenvalue weighted by atomic mass is 10.2. The van der Waals surface area contributed by atoms with Crippen LogP contribution in [0.5, 0.6) is 0 Å². The van der Waals surface area contributed by atoms with Crippen LogP contribution in [0.25, 0.3) is 0 Å². The first-order valence-electron chi connectivity index (χ1n) is 5.54. The maximum atomic E-state index is 11.4. The number of nitriles is 1. The van der Waals surface area contributed by atoms with Gasteiger partial charge < -0.3 is 9.47 Å². The molecular formula is C12H19NO3. The van der Waals surface area contributed by atoms with Gasteiger partial charge >= 0.3 is 5.97 Å². The van der Waals surface area contributed by atoms with Crippen molar-refractivity contribution in [3.05, 3.63) is 11.6 Å². The number of carbonyl (C=O) groups is 1. The Bertz CT molecular complexity index is 278. The van der Waals surface area contributed by atoms with Crippen molar-refractivity contribution in [2.75, 3.05) is 13.2 Å². The van der Waals surface area contributed by atoms with E-state index < -0.39 is 5.97 Å². The monoisotopic (exact) mass is 225 g/mol. The summed E-state index contributed by atoms with van der Waals surface area (Å²) in [7, 11) is 0. The van der Waals surface area contributed by atoms with Gasteiger partial charge in [0.05, 0.1) is 6.10 Å². The van der Waals surface area contributed by atoms with E-state index in [0.717, 1.165) is 6.42 Å². The Labute approximate surface area is 96.8 Å². The van der Waals surface area contributed by atoms with Crippen LogP contribution in [-0.2, 0) is 14.3 Å². The first-order chi connectivity index (χ1) is 7.65. The van der Waals surface area contributed by atoms with Gasteiger partial charge in [0.1, 0.15) is 18.2 Å². The van der Waals surface area contributed by atoms with E-state index in [0.29, 0.717) is 13.0 Å². The smallest absolute Gasteiger partial charge is 0.348 e. The summed E-state index contributed by atoms with van der Waals surface area (Å²) < 4.78 is 10.2. The number of esters is 1. The third kappa shape index (κ3) is 6.20. The van der Waals surface area contributed by atoms with E-state index >= 15 is 0 Å². The molecule has 0 bridgehead atoms. The molecule has 0 spiro atoms. The van der Waals surface area contributed by atoms with Gasteiger partial charge in [-0.3, -0.25) is 0 Å². The van der Waals surface area contributed by atoms with Crippen molar-refractivity contribution in [2.45, 2.75) is 39.7 Å². The molecule has 0 rings (SSSR count). The predicted octanol–water partition coefficient (Wildman–Crippen LogP) is 2.20. The van der Waals surface area contributed by atoms with Crippen LogP contribution < -0.4 is 0 Å². The lowest BCUT2D eigenvalue weighted by Crippen LogP contribution is -2.19. The third-order valence-corrected chi connectivity index (χ3v) is 1.88. The van der Waals surface area contributed by atoms with Crippen LogP contribution in [0.1, 0.15) is 33.6 Å². The van der Waals surface area contributed by atoms with Gasteiger partial charge in [-0.2, -0.15) is 5.26 Å². The molecule has 0 amide bonds. The molecule has 0 aromatic heterocycles. The highest BCUT2D eigenvalue weighted by Crippen LogP contribution is 2.02. The molecule has 0 aromatic rings. The van der Waals surface area contributed by atoms with Crippen molar-refractivity contribution in [2.24, 2.45) is 0 Å². The van der Waals surface area contributed by atoms with Crippen molar-refractivity contribution in [1.82, 2.24) is 0 Å². The number of unbranched alkanes of at least 4 members (excludes halogenated alkanes) is 1. The van der Waals surface area contributed by atoms with Gasteiger partial charge in [-0.1, -0.05) is 19.4 Å². The molecule has 4 heteroatoms. The molecule has 0 aromatic carbocycles. The standard InChI is InChI=1S/C12H19NO3/c1-4-6-7-11(8-13)12(14)16-9-10(3)15-5-2/h7,10H,4-6,9H2,1-3H3. The Balaban J connectivity index is 4.08. The molecule has 0 aliphatic carbocycles. The number of allylic oxidation sites excluding steroid dienone is 1. The normalized spacial score (nSPS) is 13.0. The molecule has 0 heterocycles. The minimum atomic E-state index is -0.567. The molecule has 16 heavy (non-hydrogen) atoms. The van der Waals surface area contributed by atoms with Gasteiger partial charge in [-0.05, 0) is 20.3 Å². The number of carbonyl (C=O) groups excluding carboxylic acids is 1. The quantitative estimate of drug-likeness (QED) is 0.378. The summed E-state index contributed by atoms with van der Waals surface area (Å²) in [6, 6.07) is 1.84. The van der Waals surface area contributed by atoms with Crippen molar-refractivity contribution < 1.29 is 14.3 Å². The van der Waals surface area contributed by atoms with E-state index in [4.69, 9.17) is 14.7 Å². The lowest BCUT2D eigenvalue weighted by Gasteiger charge is -2.11. The molecule has 0 N–H and O–H groups in total. The highest BCUT2D eigenvalue weighted by Gasteiger charge is 2.11. The van der Waals surface area contributed by atoms with Crippen molar-refractivity contribution in [3.63, 3.8) is 0 Å². The average Bonchev–Trinajstić information content (AvgIpc) is 2.28. The van der Waals surface area contributed by atoms with Crippen molar-refractivity contribution in [1.29, 1.82) is 5.26 Å². The Hall–Kier alpha value is -1.34. The Kier molecular flexibility index (Phi) is 8.18. The van der Waals surface area contributed by atoms with Crippen LogP contribution in [0, 0.1) is 11.3 Å². The van der Waals surface area contributed by atoms with E-state index in [-0.39, 0.29) is 18.3 Å². The summed E-state index contributed by atoms with van der Waals surface area (Å²) in [6.45, 7) is 6.43. The average molecular weight is 225 g/mol. The predicted molar refractivity (Wildman–Crippen MR) is 60.7 cm³/mol. The van der Waals surface area contributed by atoms with Gasteiger partial charge in [0, 0.05) is 6.61 Å². The summed E-state index contributed by atoms with van der Waals surface area (Å²) >= 11 is 0. The summed E-state index contributed by atoms with van der Waals surface area (Å²) in [6.07, 6.45) is 3.07. The molecule has 0 aliphatic rings. The number of hydrogen-bond acceptors (Lipinski definition) is 4. The minimum absolute atomic E-state index is 0.0746. The van der Waals surface area contributed by atoms with E-state index in [1.807, 2.05) is 26.8 Å². The fourth-order valence-corrected chi connectivity index (χ4v) is 1.07. The van der Waals surface area contributed by atoms with Gasteiger partial charge in [-0.15, -0.1) is 0 Å². The molecule has 90 valence electrons. The van der Waals surface area contributed by atoms with E-state index in [1.54, 1.807) is 6.08 Å². The second-order valence-electron chi connectivity index (χ2n) is 3.38. The van der Waals surface area contributed by atoms with Crippen molar-refractivity contribution in [3.8, 4) is 6.07 Å². The molecule has 0 saturated carbocycles. The Morgan fingerprint density at radius 1 is 1.50 bits per heavy atom. The first kappa shape index (κ1) is 14.7. The number of rotatable bonds is 7. The molecule has 0 radical (unpaired) electrons. The van der Waals surface area contributed by atoms with Crippen LogP contribution in [-0.4, -0.2) is 25.3 Å². The SMILES string of the molecule is CCCC=C(C#N)C(=O)OCC(C)OCC. The molecule has 1 atom stereocenters. The highest BCUT2D eigenvalue weighted by atomic mass is 16.6. The summed E-state index contributed by atoms with van der Waals surface area (Å²) in [4.78, 5) is 11.4. The Morgan fingerprint density at radius 2 is 2.19 bits per heavy atom. The van der Waals surface area contributed by atoms with Crippen molar-refractivity contribution >= 4 is 5.97 Å². The van der Waals surface area contributed by atoms with Gasteiger partial charge in [0.25, 0.3) is 0 Å². The molecule has 4 nitrogen and oxygen atoms in total. The minimum Gasteiger partial charge on any atom is -0.459 e. The molecule has 0 saturated heterocycles. The molecule has 0 aliphatic heterocycles. The zero-order chi connectivity index (χ0) is 12.4. The lowest BCUT2D eigenvalue weighted by molar-refractivity contribution is -0.142. The Morgan fingerprint density at radius 3 is 2.69 bits per heavy atom. The van der Waals surface area contributed by atoms with Crippen LogP contribution >= 0.6 is 0 Å². The van der Waals surface area contributed by atoms with Crippen LogP contribution in [0.2, 0.25) is 0 Å². The maximum Gasteiger partial charge on any atom is 0.348 e. The van der Waals surface area contributed by atoms with Gasteiger partial charge in [-0.25, -0.2) is 4.79 Å². The van der Waals surface area contributed by atoms with Gasteiger partial charge in [0.2, 0.25) is 0 Å². The molecular weight excluding hydrogens is 206 g/mol. The van der Waals surface area contributed by atoms with Crippen LogP contribution in [0.3, 0.4) is 0 Å². The summed E-state index contributed by atoms with van der Waals surface area (Å²) in [5.74, 6) is -0.567. The van der Waals surface area contributed by atoms with Gasteiger partial charge in [0.15, 0.2) is 0 Å². The van der Waals surface area contributed by atoms with E-state index in [9.17, 15) is 4.79 Å². The number of ether oxygens (including phenoxy) is 2. The maximum absolute atomic E-state index is 11.4. The van der Waals surface area contributed by atoms with Crippen LogP contribution in [0.15, 0.2) is 11.6 Å². The number of hydrogen-bond donors (Lipinski definition) is 0. The topological polar surface area (TPSA) is 59.3 Å². The van der Waals surface area contributed by atoms with Crippen LogP contribution in [0.4, 0.5) is 0 Å². The van der Waals surface area contributed by atoms with E-state index in [1.165, 1.54) is 0 Å². The fourth-order valence-electron chi connectivity index (χ4n) is 1.07. The summed E-state index contributed by atoms with van der Waals surface area (Å²) in [5, 5.41) is 8.74. The zero-order valence-corrected chi connectivity index (χ0v) is 10.2. The fraction of sp³-hybridized carbons (Fsp3) is 0.667. The second-order valence-corrected chi connectivity index (χ2v) is 3.38. The second kappa shape index (κ2) is 8.93. The largest absolute Gasteiger partial charge is 0.459 e. The summed E-state index contributed by atoms with van der Waals surface area (Å²) in [5.41, 5.74) is 0.0746. The first-order valence-corrected chi connectivity index (χ1v) is 5.54. The molecule has 0 fully saturated rings. The third-order valence-electron chi connectivity index (χ3n) is 1.88. The number of nitrogens with zero attached hydrogens (tertiary/aromatic N) is 1. The van der Waals surface area contributed by atoms with E-state index in [2.05, 4.69) is 0 Å².